The maximum atomic E-state index is 11.7. The van der Waals surface area contributed by atoms with Crippen LogP contribution >= 0.6 is 0 Å². The van der Waals surface area contributed by atoms with E-state index < -0.39 is 0 Å². The summed E-state index contributed by atoms with van der Waals surface area (Å²) in [5.74, 6) is -0.0113. The molecular formula is C10H14N4O2. The number of anilines is 1. The van der Waals surface area contributed by atoms with E-state index in [1.54, 1.807) is 0 Å². The highest BCUT2D eigenvalue weighted by Gasteiger charge is 2.17. The number of carbonyl (C=O) groups excluding carboxylic acids is 1. The Morgan fingerprint density at radius 2 is 2.44 bits per heavy atom. The van der Waals surface area contributed by atoms with Gasteiger partial charge < -0.3 is 15.8 Å². The van der Waals surface area contributed by atoms with Crippen LogP contribution in [0.5, 0.6) is 0 Å². The van der Waals surface area contributed by atoms with Gasteiger partial charge >= 0.3 is 0 Å². The van der Waals surface area contributed by atoms with Crippen LogP contribution in [0.1, 0.15) is 23.3 Å². The second-order valence-corrected chi connectivity index (χ2v) is 3.72. The summed E-state index contributed by atoms with van der Waals surface area (Å²) >= 11 is 0. The average molecular weight is 222 g/mol. The molecule has 1 aromatic rings. The minimum Gasteiger partial charge on any atom is -0.382 e. The maximum absolute atomic E-state index is 11.7. The molecule has 1 fully saturated rings. The molecule has 1 saturated heterocycles. The molecule has 16 heavy (non-hydrogen) atoms. The molecule has 1 aliphatic heterocycles. The van der Waals surface area contributed by atoms with E-state index in [0.717, 1.165) is 19.4 Å². The predicted molar refractivity (Wildman–Crippen MR) is 57.8 cm³/mol. The first-order valence-corrected chi connectivity index (χ1v) is 5.22. The smallest absolute Gasteiger partial charge is 0.271 e. The van der Waals surface area contributed by atoms with Gasteiger partial charge in [0.2, 0.25) is 0 Å². The van der Waals surface area contributed by atoms with Gasteiger partial charge in [0.25, 0.3) is 5.91 Å². The summed E-state index contributed by atoms with van der Waals surface area (Å²) in [6, 6.07) is 0.0597. The number of carbonyl (C=O) groups is 1. The Bertz CT molecular complexity index is 377. The lowest BCUT2D eigenvalue weighted by molar-refractivity contribution is 0.0622. The molecule has 2 rings (SSSR count). The molecular weight excluding hydrogens is 208 g/mol. The predicted octanol–water partition coefficient (Wildman–Crippen LogP) is -0.0324. The summed E-state index contributed by atoms with van der Waals surface area (Å²) in [6.45, 7) is 1.33. The van der Waals surface area contributed by atoms with Crippen LogP contribution in [0.25, 0.3) is 0 Å². The fraction of sp³-hybridized carbons (Fsp3) is 0.500. The van der Waals surface area contributed by atoms with E-state index in [0.29, 0.717) is 6.61 Å². The number of hydrogen-bond acceptors (Lipinski definition) is 5. The fourth-order valence-electron chi connectivity index (χ4n) is 1.60. The first-order valence-electron chi connectivity index (χ1n) is 5.22. The Labute approximate surface area is 93.2 Å². The molecule has 3 N–H and O–H groups in total. The van der Waals surface area contributed by atoms with Gasteiger partial charge in [-0.1, -0.05) is 0 Å². The molecule has 1 aromatic heterocycles. The van der Waals surface area contributed by atoms with Crippen LogP contribution < -0.4 is 11.1 Å². The zero-order valence-corrected chi connectivity index (χ0v) is 8.85. The van der Waals surface area contributed by atoms with E-state index in [-0.39, 0.29) is 23.5 Å². The van der Waals surface area contributed by atoms with Crippen molar-refractivity contribution in [3.8, 4) is 0 Å². The van der Waals surface area contributed by atoms with Gasteiger partial charge in [0.15, 0.2) is 0 Å². The quantitative estimate of drug-likeness (QED) is 0.733. The van der Waals surface area contributed by atoms with Crippen molar-refractivity contribution in [3.05, 3.63) is 18.1 Å². The molecule has 2 heterocycles. The van der Waals surface area contributed by atoms with Crippen molar-refractivity contribution >= 4 is 11.7 Å². The van der Waals surface area contributed by atoms with Crippen LogP contribution in [-0.2, 0) is 4.74 Å². The Hall–Kier alpha value is -1.69. The van der Waals surface area contributed by atoms with E-state index in [2.05, 4.69) is 15.3 Å². The highest BCUT2D eigenvalue weighted by atomic mass is 16.5. The van der Waals surface area contributed by atoms with Gasteiger partial charge in [-0.05, 0) is 12.8 Å². The molecule has 1 unspecified atom stereocenters. The van der Waals surface area contributed by atoms with Crippen LogP contribution in [0.4, 0.5) is 5.82 Å². The second-order valence-electron chi connectivity index (χ2n) is 3.72. The molecule has 0 saturated carbocycles. The number of amides is 1. The highest BCUT2D eigenvalue weighted by molar-refractivity contribution is 5.92. The van der Waals surface area contributed by atoms with Crippen molar-refractivity contribution in [2.75, 3.05) is 18.9 Å². The molecule has 6 heteroatoms. The lowest BCUT2D eigenvalue weighted by atomic mass is 10.1. The minimum atomic E-state index is -0.254. The standard InChI is InChI=1S/C10H14N4O2/c11-9-5-12-4-8(14-9)10(15)13-7-2-1-3-16-6-7/h4-5,7H,1-3,6H2,(H2,11,14)(H,13,15). The first kappa shape index (κ1) is 10.8. The van der Waals surface area contributed by atoms with E-state index in [4.69, 9.17) is 10.5 Å². The normalized spacial score (nSPS) is 20.4. The molecule has 6 nitrogen and oxygen atoms in total. The lowest BCUT2D eigenvalue weighted by Crippen LogP contribution is -2.41. The van der Waals surface area contributed by atoms with Gasteiger partial charge in [0, 0.05) is 6.61 Å². The topological polar surface area (TPSA) is 90.1 Å². The number of nitrogens with one attached hydrogen (secondary N) is 1. The molecule has 0 bridgehead atoms. The van der Waals surface area contributed by atoms with Crippen molar-refractivity contribution in [2.24, 2.45) is 0 Å². The van der Waals surface area contributed by atoms with Crippen LogP contribution in [0.2, 0.25) is 0 Å². The fourth-order valence-corrected chi connectivity index (χ4v) is 1.60. The number of nitrogens with two attached hydrogens (primary N) is 1. The molecule has 0 spiro atoms. The summed E-state index contributed by atoms with van der Waals surface area (Å²) in [5.41, 5.74) is 5.69. The molecule has 1 amide bonds. The Kier molecular flexibility index (Phi) is 3.31. The third-order valence-electron chi connectivity index (χ3n) is 2.38. The summed E-state index contributed by atoms with van der Waals surface area (Å²) < 4.78 is 5.27. The van der Waals surface area contributed by atoms with Crippen molar-refractivity contribution in [3.63, 3.8) is 0 Å². The summed E-state index contributed by atoms with van der Waals surface area (Å²) in [4.78, 5) is 19.5. The number of hydrogen-bond donors (Lipinski definition) is 2. The van der Waals surface area contributed by atoms with Gasteiger partial charge in [-0.15, -0.1) is 0 Å². The van der Waals surface area contributed by atoms with Crippen molar-refractivity contribution in [1.29, 1.82) is 0 Å². The van der Waals surface area contributed by atoms with Gasteiger partial charge in [0.05, 0.1) is 25.0 Å². The van der Waals surface area contributed by atoms with E-state index in [9.17, 15) is 4.79 Å². The highest BCUT2D eigenvalue weighted by Crippen LogP contribution is 2.06. The van der Waals surface area contributed by atoms with Gasteiger partial charge in [0.1, 0.15) is 11.5 Å². The maximum Gasteiger partial charge on any atom is 0.271 e. The third-order valence-corrected chi connectivity index (χ3v) is 2.38. The molecule has 86 valence electrons. The SMILES string of the molecule is Nc1cncc(C(=O)NC2CCCOC2)n1. The molecule has 0 aromatic carbocycles. The van der Waals surface area contributed by atoms with Gasteiger partial charge in [-0.3, -0.25) is 9.78 Å². The zero-order valence-electron chi connectivity index (χ0n) is 8.85. The van der Waals surface area contributed by atoms with E-state index >= 15 is 0 Å². The number of aromatic nitrogens is 2. The third kappa shape index (κ3) is 2.66. The van der Waals surface area contributed by atoms with Crippen LogP contribution in [0, 0.1) is 0 Å². The Morgan fingerprint density at radius 3 is 3.12 bits per heavy atom. The number of nitrogens with zero attached hydrogens (tertiary/aromatic N) is 2. The first-order chi connectivity index (χ1) is 7.75. The molecule has 0 aliphatic carbocycles. The van der Waals surface area contributed by atoms with Crippen molar-refractivity contribution in [1.82, 2.24) is 15.3 Å². The number of ether oxygens (including phenoxy) is 1. The lowest BCUT2D eigenvalue weighted by Gasteiger charge is -2.22. The van der Waals surface area contributed by atoms with Crippen LogP contribution in [0.3, 0.4) is 0 Å². The monoisotopic (exact) mass is 222 g/mol. The van der Waals surface area contributed by atoms with Gasteiger partial charge in [-0.2, -0.15) is 0 Å². The minimum absolute atomic E-state index is 0.0597. The second kappa shape index (κ2) is 4.89. The summed E-state index contributed by atoms with van der Waals surface area (Å²) in [5, 5.41) is 2.84. The molecule has 0 radical (unpaired) electrons. The summed E-state index contributed by atoms with van der Waals surface area (Å²) in [7, 11) is 0. The van der Waals surface area contributed by atoms with Crippen LogP contribution in [0.15, 0.2) is 12.4 Å². The average Bonchev–Trinajstić information content (AvgIpc) is 2.30. The molecule has 1 aliphatic rings. The number of nitrogen functional groups attached to an aromatic ring is 1. The Morgan fingerprint density at radius 1 is 1.56 bits per heavy atom. The van der Waals surface area contributed by atoms with E-state index in [1.807, 2.05) is 0 Å². The van der Waals surface area contributed by atoms with Crippen molar-refractivity contribution < 1.29 is 9.53 Å². The van der Waals surface area contributed by atoms with E-state index in [1.165, 1.54) is 12.4 Å². The van der Waals surface area contributed by atoms with Crippen LogP contribution in [-0.4, -0.2) is 35.1 Å². The summed E-state index contributed by atoms with van der Waals surface area (Å²) in [6.07, 6.45) is 4.70. The molecule has 1 atom stereocenters. The van der Waals surface area contributed by atoms with Gasteiger partial charge in [-0.25, -0.2) is 4.98 Å². The largest absolute Gasteiger partial charge is 0.382 e. The number of rotatable bonds is 2. The zero-order chi connectivity index (χ0) is 11.4. The Balaban J connectivity index is 1.97. The van der Waals surface area contributed by atoms with Crippen molar-refractivity contribution in [2.45, 2.75) is 18.9 Å².